The molecule has 8 heteroatoms. The van der Waals surface area contributed by atoms with Crippen LogP contribution in [0.4, 0.5) is 8.78 Å². The Hall–Kier alpha value is 0.0200. The van der Waals surface area contributed by atoms with E-state index in [9.17, 15) is 17.2 Å². The van der Waals surface area contributed by atoms with Gasteiger partial charge < -0.3 is 5.73 Å². The number of hydrogen-bond donors (Lipinski definition) is 1. The van der Waals surface area contributed by atoms with Gasteiger partial charge >= 0.3 is 5.76 Å². The minimum Gasteiger partial charge on any atom is -0.330 e. The number of hydrogen-bond acceptors (Lipinski definition) is 3. The molecule has 92 valence electrons. The normalized spacial score (nSPS) is 20.3. The van der Waals surface area contributed by atoms with Crippen LogP contribution in [0.15, 0.2) is 0 Å². The molecule has 1 aliphatic rings. The number of alkyl halides is 2. The molecule has 0 bridgehead atoms. The number of nitrogens with zero attached hydrogens (tertiary/aromatic N) is 1. The topological polar surface area (TPSA) is 63.4 Å². The van der Waals surface area contributed by atoms with Crippen molar-refractivity contribution in [3.8, 4) is 0 Å². The zero-order valence-corrected chi connectivity index (χ0v) is 9.74. The van der Waals surface area contributed by atoms with Gasteiger partial charge in [-0.25, -0.2) is 8.42 Å². The Kier molecular flexibility index (Phi) is 5.94. The number of halogens is 3. The second-order valence-electron chi connectivity index (χ2n) is 3.38. The molecule has 0 amide bonds. The fraction of sp³-hybridized carbons (Fsp3) is 1.00. The third-order valence-corrected chi connectivity index (χ3v) is 4.03. The predicted molar refractivity (Wildman–Crippen MR) is 55.5 cm³/mol. The van der Waals surface area contributed by atoms with E-state index < -0.39 is 15.8 Å². The molecule has 15 heavy (non-hydrogen) atoms. The molecule has 0 aromatic heterocycles. The maximum atomic E-state index is 12.1. The van der Waals surface area contributed by atoms with Crippen LogP contribution < -0.4 is 5.73 Å². The van der Waals surface area contributed by atoms with Crippen LogP contribution in [-0.4, -0.2) is 38.1 Å². The first-order valence-electron chi connectivity index (χ1n) is 4.45. The highest BCUT2D eigenvalue weighted by Crippen LogP contribution is 2.21. The average molecular weight is 265 g/mol. The molecule has 2 N–H and O–H groups in total. The number of piperidine rings is 1. The summed E-state index contributed by atoms with van der Waals surface area (Å²) in [6.07, 6.45) is 1.14. The Morgan fingerprint density at radius 1 is 1.33 bits per heavy atom. The summed E-state index contributed by atoms with van der Waals surface area (Å²) in [6.45, 7) is 0.811. The minimum absolute atomic E-state index is 0. The maximum Gasteiger partial charge on any atom is 0.350 e. The fourth-order valence-corrected chi connectivity index (χ4v) is 2.46. The molecule has 1 fully saturated rings. The van der Waals surface area contributed by atoms with Crippen LogP contribution in [0.25, 0.3) is 0 Å². The molecular weight excluding hydrogens is 250 g/mol. The van der Waals surface area contributed by atoms with E-state index in [0.717, 1.165) is 4.31 Å². The van der Waals surface area contributed by atoms with Crippen molar-refractivity contribution in [1.29, 1.82) is 0 Å². The fourth-order valence-electron chi connectivity index (χ4n) is 1.51. The number of sulfonamides is 1. The largest absolute Gasteiger partial charge is 0.350 e. The first-order valence-corrected chi connectivity index (χ1v) is 5.96. The standard InChI is InChI=1S/C7H14F2N2O2S.ClH/c8-7(9)14(12,13)11-3-1-6(5-10)2-4-11;/h6-7H,1-5,10H2;1H. The second-order valence-corrected chi connectivity index (χ2v) is 5.29. The molecule has 0 aliphatic carbocycles. The molecular formula is C7H15ClF2N2O2S. The van der Waals surface area contributed by atoms with E-state index >= 15 is 0 Å². The molecule has 0 aromatic carbocycles. The Morgan fingerprint density at radius 2 is 1.80 bits per heavy atom. The van der Waals surface area contributed by atoms with Crippen molar-refractivity contribution in [1.82, 2.24) is 4.31 Å². The van der Waals surface area contributed by atoms with Gasteiger partial charge in [0.25, 0.3) is 10.0 Å². The lowest BCUT2D eigenvalue weighted by molar-refractivity contribution is 0.205. The van der Waals surface area contributed by atoms with Gasteiger partial charge in [-0.1, -0.05) is 0 Å². The smallest absolute Gasteiger partial charge is 0.330 e. The maximum absolute atomic E-state index is 12.1. The van der Waals surface area contributed by atoms with Crippen LogP contribution in [0.3, 0.4) is 0 Å². The Morgan fingerprint density at radius 3 is 2.13 bits per heavy atom. The van der Waals surface area contributed by atoms with Gasteiger partial charge in [0.1, 0.15) is 0 Å². The summed E-state index contributed by atoms with van der Waals surface area (Å²) in [5.74, 6) is -3.05. The first kappa shape index (κ1) is 15.0. The van der Waals surface area contributed by atoms with E-state index in [1.165, 1.54) is 0 Å². The summed E-state index contributed by atoms with van der Waals surface area (Å²) < 4.78 is 47.1. The van der Waals surface area contributed by atoms with Gasteiger partial charge in [-0.15, -0.1) is 12.4 Å². The van der Waals surface area contributed by atoms with Crippen LogP contribution in [0.2, 0.25) is 0 Å². The highest BCUT2D eigenvalue weighted by Gasteiger charge is 2.34. The number of nitrogens with two attached hydrogens (primary N) is 1. The lowest BCUT2D eigenvalue weighted by atomic mass is 9.99. The van der Waals surface area contributed by atoms with E-state index in [2.05, 4.69) is 0 Å². The molecule has 1 aliphatic heterocycles. The first-order chi connectivity index (χ1) is 6.48. The lowest BCUT2D eigenvalue weighted by Gasteiger charge is -2.30. The average Bonchev–Trinajstić information content (AvgIpc) is 2.17. The summed E-state index contributed by atoms with van der Waals surface area (Å²) in [4.78, 5) is 0. The number of rotatable bonds is 3. The molecule has 1 saturated heterocycles. The molecule has 1 rings (SSSR count). The van der Waals surface area contributed by atoms with Gasteiger partial charge in [-0.05, 0) is 25.3 Å². The van der Waals surface area contributed by atoms with Crippen molar-refractivity contribution < 1.29 is 17.2 Å². The van der Waals surface area contributed by atoms with Crippen LogP contribution in [0.5, 0.6) is 0 Å². The molecule has 0 saturated carbocycles. The second kappa shape index (κ2) is 5.93. The Labute approximate surface area is 94.3 Å². The summed E-state index contributed by atoms with van der Waals surface area (Å²) in [5, 5.41) is 0. The highest BCUT2D eigenvalue weighted by molar-refractivity contribution is 7.89. The molecule has 1 heterocycles. The van der Waals surface area contributed by atoms with E-state index in [1.807, 2.05) is 0 Å². The zero-order chi connectivity index (χ0) is 10.8. The van der Waals surface area contributed by atoms with Gasteiger partial charge in [-0.2, -0.15) is 13.1 Å². The molecule has 0 atom stereocenters. The molecule has 4 nitrogen and oxygen atoms in total. The summed E-state index contributed by atoms with van der Waals surface area (Å²) >= 11 is 0. The van der Waals surface area contributed by atoms with E-state index in [0.29, 0.717) is 19.4 Å². The highest BCUT2D eigenvalue weighted by atomic mass is 35.5. The predicted octanol–water partition coefficient (Wildman–Crippen LogP) is 0.631. The van der Waals surface area contributed by atoms with Gasteiger partial charge in [0, 0.05) is 13.1 Å². The van der Waals surface area contributed by atoms with Gasteiger partial charge in [0.05, 0.1) is 0 Å². The van der Waals surface area contributed by atoms with Crippen molar-refractivity contribution in [2.75, 3.05) is 19.6 Å². The Balaban J connectivity index is 0.00000196. The van der Waals surface area contributed by atoms with Crippen LogP contribution in [0, 0.1) is 5.92 Å². The zero-order valence-electron chi connectivity index (χ0n) is 8.10. The minimum atomic E-state index is -4.37. The van der Waals surface area contributed by atoms with Crippen LogP contribution in [0.1, 0.15) is 12.8 Å². The quantitative estimate of drug-likeness (QED) is 0.813. The third-order valence-electron chi connectivity index (χ3n) is 2.49. The van der Waals surface area contributed by atoms with Crippen molar-refractivity contribution in [2.45, 2.75) is 18.6 Å². The van der Waals surface area contributed by atoms with Crippen molar-refractivity contribution in [3.05, 3.63) is 0 Å². The lowest BCUT2D eigenvalue weighted by Crippen LogP contribution is -2.42. The molecule has 0 radical (unpaired) electrons. The SMILES string of the molecule is Cl.NCC1CCN(S(=O)(=O)C(F)F)CC1. The Bertz CT molecular complexity index is 279. The van der Waals surface area contributed by atoms with Gasteiger partial charge in [-0.3, -0.25) is 0 Å². The molecule has 0 unspecified atom stereocenters. The van der Waals surface area contributed by atoms with Crippen LogP contribution >= 0.6 is 12.4 Å². The van der Waals surface area contributed by atoms with Crippen molar-refractivity contribution >= 4 is 22.4 Å². The van der Waals surface area contributed by atoms with Crippen molar-refractivity contribution in [3.63, 3.8) is 0 Å². The van der Waals surface area contributed by atoms with Crippen molar-refractivity contribution in [2.24, 2.45) is 11.7 Å². The van der Waals surface area contributed by atoms with Gasteiger partial charge in [0.15, 0.2) is 0 Å². The monoisotopic (exact) mass is 264 g/mol. The molecule has 0 aromatic rings. The third kappa shape index (κ3) is 3.51. The van der Waals surface area contributed by atoms with Gasteiger partial charge in [0.2, 0.25) is 0 Å². The summed E-state index contributed by atoms with van der Waals surface area (Å²) in [6, 6.07) is 0. The van der Waals surface area contributed by atoms with E-state index in [1.54, 1.807) is 0 Å². The summed E-state index contributed by atoms with van der Waals surface area (Å²) in [7, 11) is -4.37. The van der Waals surface area contributed by atoms with E-state index in [4.69, 9.17) is 5.73 Å². The summed E-state index contributed by atoms with van der Waals surface area (Å²) in [5.41, 5.74) is 5.40. The van der Waals surface area contributed by atoms with Crippen LogP contribution in [-0.2, 0) is 10.0 Å². The molecule has 0 spiro atoms. The van der Waals surface area contributed by atoms with E-state index in [-0.39, 0.29) is 31.4 Å².